The van der Waals surface area contributed by atoms with Crippen molar-refractivity contribution < 1.29 is 14.6 Å². The van der Waals surface area contributed by atoms with Crippen LogP contribution in [-0.2, 0) is 22.4 Å². The highest BCUT2D eigenvalue weighted by molar-refractivity contribution is 5.80. The van der Waals surface area contributed by atoms with Crippen LogP contribution in [0.2, 0.25) is 0 Å². The molecule has 0 spiro atoms. The summed E-state index contributed by atoms with van der Waals surface area (Å²) in [6, 6.07) is 7.80. The summed E-state index contributed by atoms with van der Waals surface area (Å²) in [6.45, 7) is 4.01. The lowest BCUT2D eigenvalue weighted by molar-refractivity contribution is -0.164. The molecule has 1 aromatic carbocycles. The van der Waals surface area contributed by atoms with E-state index >= 15 is 0 Å². The van der Waals surface area contributed by atoms with Crippen molar-refractivity contribution in [2.24, 2.45) is 0 Å². The zero-order chi connectivity index (χ0) is 12.3. The Balaban J connectivity index is 2.17. The highest BCUT2D eigenvalue weighted by Gasteiger charge is 2.44. The van der Waals surface area contributed by atoms with Crippen LogP contribution >= 0.6 is 0 Å². The van der Waals surface area contributed by atoms with Crippen LogP contribution in [-0.4, -0.2) is 23.3 Å². The number of rotatable bonds is 5. The number of ether oxygens (including phenoxy) is 1. The molecular weight excluding hydrogens is 216 g/mol. The zero-order valence-corrected chi connectivity index (χ0v) is 9.69. The van der Waals surface area contributed by atoms with Crippen LogP contribution in [0.5, 0.6) is 0 Å². The predicted molar refractivity (Wildman–Crippen MR) is 65.0 cm³/mol. The molecule has 1 aliphatic carbocycles. The Hall–Kier alpha value is -1.61. The second-order valence-electron chi connectivity index (χ2n) is 4.35. The lowest BCUT2D eigenvalue weighted by Gasteiger charge is -2.24. The van der Waals surface area contributed by atoms with E-state index in [2.05, 4.69) is 6.58 Å². The first-order valence-electron chi connectivity index (χ1n) is 5.73. The lowest BCUT2D eigenvalue weighted by Crippen LogP contribution is -2.42. The topological polar surface area (TPSA) is 46.5 Å². The molecule has 1 aliphatic rings. The molecule has 0 atom stereocenters. The molecule has 0 unspecified atom stereocenters. The Kier molecular flexibility index (Phi) is 3.29. The molecule has 0 saturated heterocycles. The van der Waals surface area contributed by atoms with E-state index in [-0.39, 0.29) is 0 Å². The minimum atomic E-state index is -1.08. The first-order chi connectivity index (χ1) is 8.18. The summed E-state index contributed by atoms with van der Waals surface area (Å²) in [5.74, 6) is -0.877. The number of aliphatic carboxylic acids is 1. The van der Waals surface area contributed by atoms with Gasteiger partial charge in [-0.15, -0.1) is 6.58 Å². The van der Waals surface area contributed by atoms with Gasteiger partial charge in [0.1, 0.15) is 0 Å². The van der Waals surface area contributed by atoms with Crippen LogP contribution in [0.1, 0.15) is 17.5 Å². The molecule has 0 radical (unpaired) electrons. The zero-order valence-electron chi connectivity index (χ0n) is 9.69. The molecule has 2 rings (SSSR count). The van der Waals surface area contributed by atoms with E-state index in [0.717, 1.165) is 11.1 Å². The van der Waals surface area contributed by atoms with Gasteiger partial charge in [-0.1, -0.05) is 30.3 Å². The van der Waals surface area contributed by atoms with Crippen molar-refractivity contribution in [3.05, 3.63) is 48.0 Å². The number of fused-ring (bicyclic) bond motifs is 1. The molecule has 0 bridgehead atoms. The molecule has 0 heterocycles. The fraction of sp³-hybridized carbons (Fsp3) is 0.357. The van der Waals surface area contributed by atoms with Gasteiger partial charge in [-0.25, -0.2) is 4.79 Å². The van der Waals surface area contributed by atoms with Gasteiger partial charge in [0.25, 0.3) is 0 Å². The van der Waals surface area contributed by atoms with Crippen LogP contribution in [0.25, 0.3) is 0 Å². The van der Waals surface area contributed by atoms with Crippen LogP contribution in [0, 0.1) is 0 Å². The normalized spacial score (nSPS) is 16.5. The van der Waals surface area contributed by atoms with E-state index in [4.69, 9.17) is 4.74 Å². The van der Waals surface area contributed by atoms with Crippen molar-refractivity contribution >= 4 is 5.97 Å². The summed E-state index contributed by atoms with van der Waals surface area (Å²) in [4.78, 5) is 11.4. The van der Waals surface area contributed by atoms with Gasteiger partial charge in [0.05, 0.1) is 6.61 Å². The fourth-order valence-electron chi connectivity index (χ4n) is 2.23. The van der Waals surface area contributed by atoms with Gasteiger partial charge >= 0.3 is 5.97 Å². The molecule has 17 heavy (non-hydrogen) atoms. The second-order valence-corrected chi connectivity index (χ2v) is 4.35. The average Bonchev–Trinajstić information content (AvgIpc) is 2.69. The highest BCUT2D eigenvalue weighted by Crippen LogP contribution is 2.33. The molecule has 1 aromatic rings. The molecule has 0 aliphatic heterocycles. The SMILES string of the molecule is C=CCCOC1(C(=O)O)Cc2ccccc2C1. The Labute approximate surface area is 101 Å². The summed E-state index contributed by atoms with van der Waals surface area (Å²) < 4.78 is 5.60. The number of carbonyl (C=O) groups is 1. The largest absolute Gasteiger partial charge is 0.479 e. The van der Waals surface area contributed by atoms with Crippen molar-refractivity contribution in [1.82, 2.24) is 0 Å². The van der Waals surface area contributed by atoms with Crippen molar-refractivity contribution in [3.8, 4) is 0 Å². The maximum absolute atomic E-state index is 11.4. The monoisotopic (exact) mass is 232 g/mol. The van der Waals surface area contributed by atoms with Crippen molar-refractivity contribution in [3.63, 3.8) is 0 Å². The van der Waals surface area contributed by atoms with Crippen LogP contribution in [0.3, 0.4) is 0 Å². The Morgan fingerprint density at radius 3 is 2.47 bits per heavy atom. The van der Waals surface area contributed by atoms with Gasteiger partial charge < -0.3 is 9.84 Å². The van der Waals surface area contributed by atoms with Gasteiger partial charge in [0, 0.05) is 12.8 Å². The third-order valence-electron chi connectivity index (χ3n) is 3.16. The number of hydrogen-bond donors (Lipinski definition) is 1. The lowest BCUT2D eigenvalue weighted by atomic mass is 10.0. The van der Waals surface area contributed by atoms with E-state index in [1.807, 2.05) is 24.3 Å². The Morgan fingerprint density at radius 1 is 1.41 bits per heavy atom. The van der Waals surface area contributed by atoms with Crippen molar-refractivity contribution in [2.75, 3.05) is 6.61 Å². The Bertz CT molecular complexity index is 412. The second kappa shape index (κ2) is 4.72. The molecule has 0 saturated carbocycles. The standard InChI is InChI=1S/C14H16O3/c1-2-3-8-17-14(13(15)16)9-11-6-4-5-7-12(11)10-14/h2,4-7H,1,3,8-10H2,(H,15,16). The third-order valence-corrected chi connectivity index (χ3v) is 3.16. The molecule has 3 heteroatoms. The van der Waals surface area contributed by atoms with Crippen LogP contribution in [0.15, 0.2) is 36.9 Å². The molecule has 0 amide bonds. The first-order valence-corrected chi connectivity index (χ1v) is 5.73. The summed E-state index contributed by atoms with van der Waals surface area (Å²) in [5.41, 5.74) is 1.08. The van der Waals surface area contributed by atoms with E-state index in [9.17, 15) is 9.90 Å². The van der Waals surface area contributed by atoms with Gasteiger partial charge in [0.15, 0.2) is 5.60 Å². The van der Waals surface area contributed by atoms with E-state index in [0.29, 0.717) is 25.9 Å². The summed E-state index contributed by atoms with van der Waals surface area (Å²) in [5, 5.41) is 9.38. The van der Waals surface area contributed by atoms with E-state index < -0.39 is 11.6 Å². The van der Waals surface area contributed by atoms with Crippen LogP contribution < -0.4 is 0 Å². The average molecular weight is 232 g/mol. The predicted octanol–water partition coefficient (Wildman–Crippen LogP) is 2.20. The third kappa shape index (κ3) is 2.24. The minimum Gasteiger partial charge on any atom is -0.479 e. The molecule has 0 aromatic heterocycles. The number of hydrogen-bond acceptors (Lipinski definition) is 2. The maximum atomic E-state index is 11.4. The van der Waals surface area contributed by atoms with Gasteiger partial charge in [-0.3, -0.25) is 0 Å². The van der Waals surface area contributed by atoms with Crippen molar-refractivity contribution in [2.45, 2.75) is 24.9 Å². The molecule has 3 nitrogen and oxygen atoms in total. The quantitative estimate of drug-likeness (QED) is 0.625. The van der Waals surface area contributed by atoms with Gasteiger partial charge in [-0.05, 0) is 17.5 Å². The molecule has 0 fully saturated rings. The maximum Gasteiger partial charge on any atom is 0.336 e. The summed E-state index contributed by atoms with van der Waals surface area (Å²) in [7, 11) is 0. The smallest absolute Gasteiger partial charge is 0.336 e. The van der Waals surface area contributed by atoms with E-state index in [1.165, 1.54) is 0 Å². The molecule has 90 valence electrons. The minimum absolute atomic E-state index is 0.407. The summed E-state index contributed by atoms with van der Waals surface area (Å²) >= 11 is 0. The summed E-state index contributed by atoms with van der Waals surface area (Å²) in [6.07, 6.45) is 3.31. The van der Waals surface area contributed by atoms with Gasteiger partial charge in [0.2, 0.25) is 0 Å². The fourth-order valence-corrected chi connectivity index (χ4v) is 2.23. The Morgan fingerprint density at radius 2 is 2.00 bits per heavy atom. The molecule has 1 N–H and O–H groups in total. The number of carboxylic acids is 1. The molecular formula is C14H16O3. The first kappa shape index (κ1) is 11.9. The van der Waals surface area contributed by atoms with Crippen molar-refractivity contribution in [1.29, 1.82) is 0 Å². The van der Waals surface area contributed by atoms with Gasteiger partial charge in [-0.2, -0.15) is 0 Å². The van der Waals surface area contributed by atoms with Crippen LogP contribution in [0.4, 0.5) is 0 Å². The highest BCUT2D eigenvalue weighted by atomic mass is 16.5. The van der Waals surface area contributed by atoms with E-state index in [1.54, 1.807) is 6.08 Å². The number of carboxylic acid groups (broad SMARTS) is 1. The number of benzene rings is 1.